The minimum Gasteiger partial charge on any atom is -0.390 e. The third-order valence-electron chi connectivity index (χ3n) is 5.87. The quantitative estimate of drug-likeness (QED) is 0.588. The van der Waals surface area contributed by atoms with Gasteiger partial charge in [0.1, 0.15) is 0 Å². The van der Waals surface area contributed by atoms with Crippen LogP contribution in [0.4, 0.5) is 0 Å². The molecule has 2 atom stereocenters. The van der Waals surface area contributed by atoms with Gasteiger partial charge in [-0.05, 0) is 43.3 Å². The minimum absolute atomic E-state index is 0.118. The smallest absolute Gasteiger partial charge is 0.179 e. The Kier molecular flexibility index (Phi) is 6.49. The molecular formula is C23H27ClN4O2. The highest BCUT2D eigenvalue weighted by atomic mass is 35.5. The van der Waals surface area contributed by atoms with Crippen LogP contribution in [0.2, 0.25) is 5.02 Å². The summed E-state index contributed by atoms with van der Waals surface area (Å²) in [4.78, 5) is 21.6. The topological polar surface area (TPSA) is 61.6 Å². The summed E-state index contributed by atoms with van der Waals surface area (Å²) in [6.07, 6.45) is 1.32. The number of benzene rings is 2. The molecule has 0 bridgehead atoms. The zero-order valence-electron chi connectivity index (χ0n) is 17.1. The Morgan fingerprint density at radius 3 is 2.50 bits per heavy atom. The van der Waals surface area contributed by atoms with Crippen molar-refractivity contribution in [3.63, 3.8) is 0 Å². The molecule has 1 fully saturated rings. The minimum atomic E-state index is -0.470. The summed E-state index contributed by atoms with van der Waals surface area (Å²) < 4.78 is 2.00. The lowest BCUT2D eigenvalue weighted by Gasteiger charge is -2.38. The van der Waals surface area contributed by atoms with Crippen molar-refractivity contribution in [2.24, 2.45) is 0 Å². The Hall–Kier alpha value is -2.25. The van der Waals surface area contributed by atoms with E-state index in [1.54, 1.807) is 30.6 Å². The summed E-state index contributed by atoms with van der Waals surface area (Å²) in [7, 11) is 0. The fourth-order valence-corrected chi connectivity index (χ4v) is 4.22. The van der Waals surface area contributed by atoms with Gasteiger partial charge in [-0.15, -0.1) is 0 Å². The van der Waals surface area contributed by atoms with E-state index >= 15 is 0 Å². The van der Waals surface area contributed by atoms with Crippen molar-refractivity contribution < 1.29 is 9.90 Å². The van der Waals surface area contributed by atoms with Gasteiger partial charge in [-0.3, -0.25) is 14.6 Å². The van der Waals surface area contributed by atoms with Gasteiger partial charge < -0.3 is 9.67 Å². The Labute approximate surface area is 181 Å². The van der Waals surface area contributed by atoms with Crippen molar-refractivity contribution in [3.05, 3.63) is 65.4 Å². The molecule has 0 spiro atoms. The lowest BCUT2D eigenvalue weighted by atomic mass is 10.0. The molecular weight excluding hydrogens is 400 g/mol. The second-order valence-corrected chi connectivity index (χ2v) is 8.36. The number of carbonyl (C=O) groups excluding carboxylic acids is 1. The average Bonchev–Trinajstić information content (AvgIpc) is 3.16. The van der Waals surface area contributed by atoms with E-state index in [0.717, 1.165) is 37.2 Å². The molecule has 6 nitrogen and oxygen atoms in total. The summed E-state index contributed by atoms with van der Waals surface area (Å²) in [5.74, 6) is 0.118. The largest absolute Gasteiger partial charge is 0.390 e. The molecule has 2 heterocycles. The number of nitrogens with zero attached hydrogens (tertiary/aromatic N) is 4. The van der Waals surface area contributed by atoms with Crippen LogP contribution in [0.15, 0.2) is 54.9 Å². The van der Waals surface area contributed by atoms with Gasteiger partial charge in [0.05, 0.1) is 36.1 Å². The number of para-hydroxylation sites is 2. The summed E-state index contributed by atoms with van der Waals surface area (Å²) in [5, 5.41) is 11.2. The highest BCUT2D eigenvalue weighted by Gasteiger charge is 2.27. The Morgan fingerprint density at radius 1 is 1.07 bits per heavy atom. The summed E-state index contributed by atoms with van der Waals surface area (Å²) in [6.45, 7) is 6.38. The number of fused-ring (bicyclic) bond motifs is 1. The SMILES string of the molecule is CC(C(=O)c1ccc(Cl)cc1)N1CCN(CC(O)Cn2cnc3ccccc32)CC1. The monoisotopic (exact) mass is 426 g/mol. The van der Waals surface area contributed by atoms with E-state index in [1.807, 2.05) is 35.8 Å². The van der Waals surface area contributed by atoms with Crippen LogP contribution < -0.4 is 0 Å². The molecule has 0 aliphatic carbocycles. The summed E-state index contributed by atoms with van der Waals surface area (Å²) in [5.41, 5.74) is 2.67. The van der Waals surface area contributed by atoms with E-state index in [4.69, 9.17) is 11.6 Å². The van der Waals surface area contributed by atoms with E-state index in [1.165, 1.54) is 0 Å². The maximum Gasteiger partial charge on any atom is 0.179 e. The Morgan fingerprint density at radius 2 is 1.77 bits per heavy atom. The number of imidazole rings is 1. The van der Waals surface area contributed by atoms with E-state index in [0.29, 0.717) is 23.7 Å². The first-order valence-electron chi connectivity index (χ1n) is 10.4. The first kappa shape index (κ1) is 21.0. The normalized spacial score (nSPS) is 17.8. The molecule has 2 aromatic carbocycles. The van der Waals surface area contributed by atoms with Crippen molar-refractivity contribution in [2.45, 2.75) is 25.6 Å². The zero-order valence-corrected chi connectivity index (χ0v) is 17.9. The first-order valence-corrected chi connectivity index (χ1v) is 10.7. The van der Waals surface area contributed by atoms with E-state index in [-0.39, 0.29) is 11.8 Å². The molecule has 1 aromatic heterocycles. The van der Waals surface area contributed by atoms with Gasteiger partial charge in [-0.25, -0.2) is 4.98 Å². The predicted octanol–water partition coefficient (Wildman–Crippen LogP) is 2.94. The molecule has 3 aromatic rings. The van der Waals surface area contributed by atoms with Gasteiger partial charge in [0.2, 0.25) is 0 Å². The van der Waals surface area contributed by atoms with Gasteiger partial charge in [0.15, 0.2) is 5.78 Å². The molecule has 2 unspecified atom stereocenters. The maximum absolute atomic E-state index is 12.8. The van der Waals surface area contributed by atoms with Crippen molar-refractivity contribution in [2.75, 3.05) is 32.7 Å². The molecule has 4 rings (SSSR count). The fraction of sp³-hybridized carbons (Fsp3) is 0.391. The van der Waals surface area contributed by atoms with Gasteiger partial charge in [-0.2, -0.15) is 0 Å². The van der Waals surface area contributed by atoms with Gasteiger partial charge in [0.25, 0.3) is 0 Å². The van der Waals surface area contributed by atoms with Gasteiger partial charge >= 0.3 is 0 Å². The molecule has 1 saturated heterocycles. The molecule has 158 valence electrons. The predicted molar refractivity (Wildman–Crippen MR) is 119 cm³/mol. The molecule has 7 heteroatoms. The number of rotatable bonds is 7. The van der Waals surface area contributed by atoms with E-state index < -0.39 is 6.10 Å². The summed E-state index contributed by atoms with van der Waals surface area (Å²) >= 11 is 5.92. The average molecular weight is 427 g/mol. The lowest BCUT2D eigenvalue weighted by Crippen LogP contribution is -2.53. The number of aliphatic hydroxyl groups is 1. The molecule has 30 heavy (non-hydrogen) atoms. The third-order valence-corrected chi connectivity index (χ3v) is 6.12. The van der Waals surface area contributed by atoms with Crippen LogP contribution in [0.25, 0.3) is 11.0 Å². The lowest BCUT2D eigenvalue weighted by molar-refractivity contribution is 0.0484. The number of carbonyl (C=O) groups is 1. The molecule has 0 amide bonds. The number of aliphatic hydroxyl groups excluding tert-OH is 1. The highest BCUT2D eigenvalue weighted by Crippen LogP contribution is 2.16. The number of Topliss-reactive ketones (excluding diaryl/α,β-unsaturated/α-hetero) is 1. The third kappa shape index (κ3) is 4.73. The Bertz CT molecular complexity index is 996. The van der Waals surface area contributed by atoms with Gasteiger partial charge in [-0.1, -0.05) is 23.7 Å². The molecule has 0 radical (unpaired) electrons. The van der Waals surface area contributed by atoms with Crippen LogP contribution in [0, 0.1) is 0 Å². The van der Waals surface area contributed by atoms with Crippen LogP contribution in [-0.2, 0) is 6.54 Å². The molecule has 1 N–H and O–H groups in total. The maximum atomic E-state index is 12.8. The van der Waals surface area contributed by atoms with E-state index in [2.05, 4.69) is 14.8 Å². The summed E-state index contributed by atoms with van der Waals surface area (Å²) in [6, 6.07) is 14.9. The van der Waals surface area contributed by atoms with Crippen molar-refractivity contribution in [3.8, 4) is 0 Å². The highest BCUT2D eigenvalue weighted by molar-refractivity contribution is 6.30. The number of halogens is 1. The van der Waals surface area contributed by atoms with Crippen molar-refractivity contribution in [1.82, 2.24) is 19.4 Å². The number of hydrogen-bond acceptors (Lipinski definition) is 5. The number of ketones is 1. The zero-order chi connectivity index (χ0) is 21.1. The van der Waals surface area contributed by atoms with Crippen molar-refractivity contribution in [1.29, 1.82) is 0 Å². The standard InChI is InChI=1S/C23H27ClN4O2/c1-17(23(30)18-6-8-19(24)9-7-18)27-12-10-26(11-13-27)14-20(29)15-28-16-25-21-4-2-3-5-22(21)28/h2-9,16-17,20,29H,10-15H2,1H3. The van der Waals surface area contributed by atoms with Crippen LogP contribution in [0.3, 0.4) is 0 Å². The first-order chi connectivity index (χ1) is 14.5. The molecule has 1 aliphatic rings. The van der Waals surface area contributed by atoms with Crippen LogP contribution in [0.5, 0.6) is 0 Å². The second kappa shape index (κ2) is 9.27. The molecule has 1 aliphatic heterocycles. The second-order valence-electron chi connectivity index (χ2n) is 7.92. The van der Waals surface area contributed by atoms with Crippen molar-refractivity contribution >= 4 is 28.4 Å². The fourth-order valence-electron chi connectivity index (χ4n) is 4.09. The number of aromatic nitrogens is 2. The number of hydrogen-bond donors (Lipinski definition) is 1. The van der Waals surface area contributed by atoms with Gasteiger partial charge in [0, 0.05) is 43.3 Å². The number of piperazine rings is 1. The molecule has 0 saturated carbocycles. The van der Waals surface area contributed by atoms with E-state index in [9.17, 15) is 9.90 Å². The number of β-amino-alcohol motifs (C(OH)–C–C–N with tert-alkyl or cyclic N) is 1. The van der Waals surface area contributed by atoms with Crippen LogP contribution >= 0.6 is 11.6 Å². The van der Waals surface area contributed by atoms with Crippen LogP contribution in [0.1, 0.15) is 17.3 Å². The van der Waals surface area contributed by atoms with Crippen LogP contribution in [-0.4, -0.2) is 75.1 Å². The Balaban J connectivity index is 1.27.